The fourth-order valence-electron chi connectivity index (χ4n) is 8.86. The van der Waals surface area contributed by atoms with Crippen LogP contribution < -0.4 is 14.8 Å². The summed E-state index contributed by atoms with van der Waals surface area (Å²) in [7, 11) is 0. The summed E-state index contributed by atoms with van der Waals surface area (Å²) < 4.78 is 78.0. The zero-order valence-corrected chi connectivity index (χ0v) is 41.6. The van der Waals surface area contributed by atoms with Crippen LogP contribution in [-0.4, -0.2) is 87.4 Å². The number of amides is 1. The Bertz CT molecular complexity index is 3010. The molecule has 18 heteroatoms. The zero-order valence-electron chi connectivity index (χ0n) is 40.1. The quantitative estimate of drug-likeness (QED) is 0.116. The molecule has 73 heavy (non-hydrogen) atoms. The number of carbonyl (C=O) groups is 2. The number of carbonyl (C=O) groups excluding carboxylic acids is 2. The van der Waals surface area contributed by atoms with Crippen molar-refractivity contribution in [3.05, 3.63) is 165 Å². The van der Waals surface area contributed by atoms with Gasteiger partial charge in [-0.15, -0.1) is 0 Å². The zero-order chi connectivity index (χ0) is 51.9. The normalized spacial score (nSPS) is 17.1. The van der Waals surface area contributed by atoms with E-state index in [2.05, 4.69) is 27.4 Å². The number of piperidine rings is 2. The first-order valence-electron chi connectivity index (χ1n) is 23.7. The summed E-state index contributed by atoms with van der Waals surface area (Å²) in [5.41, 5.74) is 9.33. The molecule has 0 spiro atoms. The molecule has 2 aromatic heterocycles. The minimum atomic E-state index is -4.64. The minimum Gasteiger partial charge on any atom is -0.472 e. The molecular weight excluding hydrogens is 991 g/mol. The number of allylic oxidation sites excluding steroid dienone is 2. The van der Waals surface area contributed by atoms with Crippen molar-refractivity contribution in [1.29, 1.82) is 0 Å². The van der Waals surface area contributed by atoms with Crippen molar-refractivity contribution in [3.63, 3.8) is 0 Å². The van der Waals surface area contributed by atoms with Gasteiger partial charge in [-0.2, -0.15) is 13.2 Å². The number of likely N-dealkylation sites (tertiary alicyclic amines) is 1. The molecule has 0 radical (unpaired) electrons. The Balaban J connectivity index is 0.000000178. The maximum Gasteiger partial charge on any atom is 0.446 e. The van der Waals surface area contributed by atoms with E-state index >= 15 is 0 Å². The third-order valence-electron chi connectivity index (χ3n) is 12.1. The maximum atomic E-state index is 14.6. The molecule has 4 aliphatic rings. The Morgan fingerprint density at radius 1 is 0.726 bits per heavy atom. The Morgan fingerprint density at radius 2 is 1.23 bits per heavy atom. The maximum absolute atomic E-state index is 14.6. The lowest BCUT2D eigenvalue weighted by atomic mass is 9.96. The fourth-order valence-corrected chi connectivity index (χ4v) is 9.40. The second kappa shape index (κ2) is 23.0. The van der Waals surface area contributed by atoms with Crippen LogP contribution in [-0.2, 0) is 22.4 Å². The van der Waals surface area contributed by atoms with Crippen molar-refractivity contribution in [3.8, 4) is 34.0 Å². The van der Waals surface area contributed by atoms with Crippen molar-refractivity contribution in [2.24, 2.45) is 0 Å². The molecule has 4 aromatic carbocycles. The monoisotopic (exact) mass is 1040 g/mol. The second-order valence-electron chi connectivity index (χ2n) is 18.6. The first-order chi connectivity index (χ1) is 34.9. The smallest absolute Gasteiger partial charge is 0.446 e. The summed E-state index contributed by atoms with van der Waals surface area (Å²) in [4.78, 5) is 41.0. The molecule has 4 heterocycles. The van der Waals surface area contributed by atoms with Crippen molar-refractivity contribution >= 4 is 46.7 Å². The van der Waals surface area contributed by atoms with Gasteiger partial charge in [-0.3, -0.25) is 14.8 Å². The van der Waals surface area contributed by atoms with Crippen LogP contribution in [0.25, 0.3) is 33.4 Å². The highest BCUT2D eigenvalue weighted by molar-refractivity contribution is 6.33. The number of ether oxygens (including phenoxy) is 3. The van der Waals surface area contributed by atoms with E-state index in [0.29, 0.717) is 57.3 Å². The number of halogens is 7. The molecule has 2 aliphatic heterocycles. The summed E-state index contributed by atoms with van der Waals surface area (Å²) in [5, 5.41) is 4.11. The van der Waals surface area contributed by atoms with Gasteiger partial charge in [0.15, 0.2) is 0 Å². The lowest BCUT2D eigenvalue weighted by Gasteiger charge is -2.33. The number of nitrogens with zero attached hydrogens (tertiary/aromatic N) is 5. The number of benzene rings is 4. The molecule has 1 amide bonds. The number of rotatable bonds is 8. The van der Waals surface area contributed by atoms with E-state index in [1.54, 1.807) is 54.0 Å². The number of aldehydes is 1. The molecule has 0 saturated carbocycles. The number of hydrogen-bond acceptors (Lipinski definition) is 10. The van der Waals surface area contributed by atoms with Gasteiger partial charge >= 0.3 is 12.3 Å². The highest BCUT2D eigenvalue weighted by Crippen LogP contribution is 2.40. The van der Waals surface area contributed by atoms with Crippen LogP contribution >= 0.6 is 23.2 Å². The highest BCUT2D eigenvalue weighted by Gasteiger charge is 2.30. The van der Waals surface area contributed by atoms with Crippen LogP contribution in [0.3, 0.4) is 0 Å². The average molecular weight is 1040 g/mol. The van der Waals surface area contributed by atoms with E-state index in [0.717, 1.165) is 90.7 Å². The van der Waals surface area contributed by atoms with E-state index < -0.39 is 18.1 Å². The van der Waals surface area contributed by atoms with Crippen molar-refractivity contribution in [1.82, 2.24) is 30.2 Å². The predicted octanol–water partition coefficient (Wildman–Crippen LogP) is 12.5. The van der Waals surface area contributed by atoms with Crippen LogP contribution in [0.15, 0.2) is 110 Å². The number of fused-ring (bicyclic) bond motifs is 2. The number of alkyl halides is 3. The highest BCUT2D eigenvalue weighted by atomic mass is 35.5. The Hall–Kier alpha value is -6.75. The molecule has 380 valence electrons. The second-order valence-corrected chi connectivity index (χ2v) is 19.4. The predicted molar refractivity (Wildman–Crippen MR) is 269 cm³/mol. The molecule has 2 saturated heterocycles. The largest absolute Gasteiger partial charge is 0.472 e. The molecule has 6 aromatic rings. The standard InChI is InChI=1S/C29H29ClFN3O3.C24H21ClFN3O.C2HF3O/c1-29(2,3)37-28(35)34-13-5-6-20(17-34)36-26-16-32-15-25(33-26)21-12-11-18-9-10-19(14-22(18)21)27-23(30)7-4-8-24(27)31;25-20-4-1-5-21(26)24(20)16-7-6-15-8-9-18(19(15)11-16)22-13-28-14-23(29-22)30-17-3-2-10-27-12-17;3-2(4,5)1-6/h4,7-10,12,14-16,20H,5-6,11,13,17H2,1-3H3;1,4-7,9,11,13-14,17,27H,2-3,8,10,12H2;1H. The third kappa shape index (κ3) is 13.5. The van der Waals surface area contributed by atoms with Gasteiger partial charge in [-0.1, -0.05) is 71.8 Å². The fraction of sp³-hybridized carbons (Fsp3) is 0.309. The van der Waals surface area contributed by atoms with Crippen molar-refractivity contribution in [2.45, 2.75) is 83.3 Å². The van der Waals surface area contributed by atoms with Crippen LogP contribution in [0, 0.1) is 11.6 Å². The van der Waals surface area contributed by atoms with Gasteiger partial charge in [0.25, 0.3) is 0 Å². The molecule has 11 nitrogen and oxygen atoms in total. The third-order valence-corrected chi connectivity index (χ3v) is 12.8. The minimum absolute atomic E-state index is 0.114. The van der Waals surface area contributed by atoms with Crippen LogP contribution in [0.2, 0.25) is 10.0 Å². The van der Waals surface area contributed by atoms with E-state index in [4.69, 9.17) is 52.2 Å². The topological polar surface area (TPSA) is 129 Å². The first kappa shape index (κ1) is 52.6. The average Bonchev–Trinajstić information content (AvgIpc) is 3.99. The van der Waals surface area contributed by atoms with Crippen molar-refractivity contribution < 1.29 is 45.8 Å². The van der Waals surface area contributed by atoms with E-state index in [-0.39, 0.29) is 29.9 Å². The first-order valence-corrected chi connectivity index (χ1v) is 24.4. The summed E-state index contributed by atoms with van der Waals surface area (Å²) >= 11 is 12.6. The molecule has 2 fully saturated rings. The molecule has 2 unspecified atom stereocenters. The van der Waals surface area contributed by atoms with Gasteiger partial charge in [0.2, 0.25) is 18.0 Å². The SMILES string of the molecule is CC(C)(C)OC(=O)N1CCCC(Oc2cncc(C3=CCc4ccc(-c5c(F)cccc5Cl)cc43)n2)C1.Fc1cccc(Cl)c1-c1ccc2c(c1)C(c1cncc(OC3CCCNC3)n1)=CC2.O=CC(F)(F)F. The Labute approximate surface area is 429 Å². The van der Waals surface area contributed by atoms with Gasteiger partial charge < -0.3 is 24.4 Å². The summed E-state index contributed by atoms with van der Waals surface area (Å²) in [6.07, 6.45) is 10.1. The molecule has 0 bridgehead atoms. The van der Waals surface area contributed by atoms with Crippen LogP contribution in [0.5, 0.6) is 11.8 Å². The van der Waals surface area contributed by atoms with Crippen LogP contribution in [0.4, 0.5) is 26.7 Å². The number of aromatic nitrogens is 4. The summed E-state index contributed by atoms with van der Waals surface area (Å²) in [5.74, 6) is 0.237. The number of nitrogens with one attached hydrogen (secondary N) is 1. The number of hydrogen-bond donors (Lipinski definition) is 1. The summed E-state index contributed by atoms with van der Waals surface area (Å²) in [6, 6.07) is 21.2. The van der Waals surface area contributed by atoms with Gasteiger partial charge in [0, 0.05) is 35.4 Å². The molecule has 1 N–H and O–H groups in total. The van der Waals surface area contributed by atoms with E-state index in [9.17, 15) is 26.7 Å². The molecule has 2 aliphatic carbocycles. The summed E-state index contributed by atoms with van der Waals surface area (Å²) in [6.45, 7) is 8.49. The van der Waals surface area contributed by atoms with Gasteiger partial charge in [-0.25, -0.2) is 23.5 Å². The molecular formula is C55H51Cl2F5N6O5. The Kier molecular flexibility index (Phi) is 16.6. The molecule has 2 atom stereocenters. The molecule has 10 rings (SSSR count). The van der Waals surface area contributed by atoms with Crippen LogP contribution in [0.1, 0.15) is 80.1 Å². The van der Waals surface area contributed by atoms with Gasteiger partial charge in [0.1, 0.15) is 29.4 Å². The lowest BCUT2D eigenvalue weighted by Crippen LogP contribution is -2.46. The van der Waals surface area contributed by atoms with E-state index in [1.807, 2.05) is 57.2 Å². The van der Waals surface area contributed by atoms with E-state index in [1.165, 1.54) is 17.7 Å². The lowest BCUT2D eigenvalue weighted by molar-refractivity contribution is -0.156. The van der Waals surface area contributed by atoms with Gasteiger partial charge in [0.05, 0.1) is 52.8 Å². The van der Waals surface area contributed by atoms with Gasteiger partial charge in [-0.05, 0) is 136 Å². The Morgan fingerprint density at radius 3 is 1.70 bits per heavy atom. The van der Waals surface area contributed by atoms with Crippen molar-refractivity contribution in [2.75, 3.05) is 26.2 Å².